The number of hydrogen-bond acceptors (Lipinski definition) is 5. The van der Waals surface area contributed by atoms with Crippen molar-refractivity contribution in [2.24, 2.45) is 11.8 Å². The molecule has 1 aliphatic heterocycles. The summed E-state index contributed by atoms with van der Waals surface area (Å²) in [5.74, 6) is 1.22. The molecule has 7 heteroatoms. The zero-order chi connectivity index (χ0) is 19.7. The molecule has 28 heavy (non-hydrogen) atoms. The molecule has 1 saturated heterocycles. The van der Waals surface area contributed by atoms with Crippen molar-refractivity contribution in [3.8, 4) is 0 Å². The van der Waals surface area contributed by atoms with Gasteiger partial charge in [0.15, 0.2) is 0 Å². The van der Waals surface area contributed by atoms with Crippen LogP contribution in [0.25, 0.3) is 0 Å². The number of likely N-dealkylation sites (N-methyl/N-ethyl adjacent to an activating group) is 1. The average molecular weight is 409 g/mol. The lowest BCUT2D eigenvalue weighted by Gasteiger charge is -2.37. The van der Waals surface area contributed by atoms with Crippen molar-refractivity contribution in [2.45, 2.75) is 76.2 Å². The minimum absolute atomic E-state index is 0.277. The second kappa shape index (κ2) is 8.44. The predicted molar refractivity (Wildman–Crippen MR) is 111 cm³/mol. The van der Waals surface area contributed by atoms with Crippen molar-refractivity contribution in [3.63, 3.8) is 0 Å². The number of piperazine rings is 1. The Bertz CT molecular complexity index is 765. The Labute approximate surface area is 170 Å². The first-order chi connectivity index (χ1) is 13.4. The maximum absolute atomic E-state index is 13.0. The fourth-order valence-electron chi connectivity index (χ4n) is 4.76. The van der Waals surface area contributed by atoms with Crippen LogP contribution in [-0.4, -0.2) is 66.2 Å². The van der Waals surface area contributed by atoms with Gasteiger partial charge in [0.25, 0.3) is 0 Å². The zero-order valence-electron chi connectivity index (χ0n) is 17.5. The number of imidazole rings is 1. The lowest BCUT2D eigenvalue weighted by molar-refractivity contribution is 0.0975. The van der Waals surface area contributed by atoms with E-state index in [1.807, 2.05) is 6.20 Å². The van der Waals surface area contributed by atoms with Crippen molar-refractivity contribution < 1.29 is 8.42 Å². The van der Waals surface area contributed by atoms with Crippen LogP contribution in [0, 0.1) is 11.8 Å². The van der Waals surface area contributed by atoms with Gasteiger partial charge in [-0.3, -0.25) is 4.90 Å². The average Bonchev–Trinajstić information content (AvgIpc) is 3.38. The third-order valence-corrected chi connectivity index (χ3v) is 8.72. The molecule has 2 saturated carbocycles. The first-order valence-electron chi connectivity index (χ1n) is 11.1. The molecule has 1 atom stereocenters. The van der Waals surface area contributed by atoms with Crippen LogP contribution < -0.4 is 0 Å². The molecule has 6 nitrogen and oxygen atoms in total. The standard InChI is InChI=1S/C21H36N4O2S/c1-17-13-24(11-10-23(17)2)15-20-12-22-21(28(26,27)16-19-8-9-19)25(20)14-18-6-4-3-5-7-18/h12,17-19H,3-11,13-16H2,1-2H3/t17-/m1/s1. The molecule has 0 spiro atoms. The maximum atomic E-state index is 13.0. The van der Waals surface area contributed by atoms with E-state index in [9.17, 15) is 8.42 Å². The molecular formula is C21H36N4O2S. The molecule has 3 aliphatic rings. The summed E-state index contributed by atoms with van der Waals surface area (Å²) in [5, 5.41) is 0.335. The summed E-state index contributed by atoms with van der Waals surface area (Å²) >= 11 is 0. The van der Waals surface area contributed by atoms with Gasteiger partial charge >= 0.3 is 0 Å². The van der Waals surface area contributed by atoms with Gasteiger partial charge in [-0.1, -0.05) is 19.3 Å². The number of nitrogens with zero attached hydrogens (tertiary/aromatic N) is 4. The van der Waals surface area contributed by atoms with Gasteiger partial charge in [0.1, 0.15) is 0 Å². The van der Waals surface area contributed by atoms with Crippen molar-refractivity contribution in [1.29, 1.82) is 0 Å². The maximum Gasteiger partial charge on any atom is 0.227 e. The Balaban J connectivity index is 1.56. The van der Waals surface area contributed by atoms with E-state index in [0.717, 1.165) is 51.3 Å². The summed E-state index contributed by atoms with van der Waals surface area (Å²) in [6, 6.07) is 0.529. The first kappa shape index (κ1) is 20.4. The molecule has 4 rings (SSSR count). The second-order valence-corrected chi connectivity index (χ2v) is 11.4. The van der Waals surface area contributed by atoms with Crippen molar-refractivity contribution >= 4 is 9.84 Å². The normalized spacial score (nSPS) is 26.0. The van der Waals surface area contributed by atoms with E-state index in [0.29, 0.717) is 23.0 Å². The summed E-state index contributed by atoms with van der Waals surface area (Å²) in [7, 11) is -1.11. The van der Waals surface area contributed by atoms with Gasteiger partial charge in [0.2, 0.25) is 15.0 Å². The Morgan fingerprint density at radius 1 is 1.07 bits per heavy atom. The zero-order valence-corrected chi connectivity index (χ0v) is 18.3. The highest BCUT2D eigenvalue weighted by Crippen LogP contribution is 2.33. The Morgan fingerprint density at radius 3 is 2.50 bits per heavy atom. The van der Waals surface area contributed by atoms with E-state index >= 15 is 0 Å². The fourth-order valence-corrected chi connectivity index (χ4v) is 6.60. The van der Waals surface area contributed by atoms with E-state index in [2.05, 4.69) is 33.3 Å². The largest absolute Gasteiger partial charge is 0.317 e. The van der Waals surface area contributed by atoms with Gasteiger partial charge in [-0.15, -0.1) is 0 Å². The van der Waals surface area contributed by atoms with Crippen LogP contribution in [0.5, 0.6) is 0 Å². The van der Waals surface area contributed by atoms with Gasteiger partial charge in [0, 0.05) is 38.8 Å². The Kier molecular flexibility index (Phi) is 6.14. The molecule has 2 aliphatic carbocycles. The van der Waals surface area contributed by atoms with Gasteiger partial charge in [0.05, 0.1) is 17.6 Å². The number of aromatic nitrogens is 2. The van der Waals surface area contributed by atoms with Crippen LogP contribution in [0.4, 0.5) is 0 Å². The minimum Gasteiger partial charge on any atom is -0.317 e. The van der Waals surface area contributed by atoms with Crippen LogP contribution in [0.1, 0.15) is 57.6 Å². The van der Waals surface area contributed by atoms with Crippen LogP contribution >= 0.6 is 0 Å². The minimum atomic E-state index is -3.29. The lowest BCUT2D eigenvalue weighted by atomic mass is 9.89. The smallest absolute Gasteiger partial charge is 0.227 e. The molecule has 0 aromatic carbocycles. The summed E-state index contributed by atoms with van der Waals surface area (Å²) in [6.07, 6.45) is 10.2. The lowest BCUT2D eigenvalue weighted by Crippen LogP contribution is -2.49. The third kappa shape index (κ3) is 4.79. The molecular weight excluding hydrogens is 372 g/mol. The van der Waals surface area contributed by atoms with Crippen molar-refractivity contribution in [3.05, 3.63) is 11.9 Å². The second-order valence-electron chi connectivity index (χ2n) is 9.44. The molecule has 0 N–H and O–H groups in total. The first-order valence-corrected chi connectivity index (χ1v) is 12.8. The van der Waals surface area contributed by atoms with Crippen LogP contribution in [0.15, 0.2) is 11.4 Å². The van der Waals surface area contributed by atoms with E-state index in [1.165, 1.54) is 32.1 Å². The summed E-state index contributed by atoms with van der Waals surface area (Å²) in [5.41, 5.74) is 1.08. The van der Waals surface area contributed by atoms with Gasteiger partial charge in [-0.2, -0.15) is 0 Å². The van der Waals surface area contributed by atoms with Crippen molar-refractivity contribution in [1.82, 2.24) is 19.4 Å². The van der Waals surface area contributed by atoms with Gasteiger partial charge in [-0.25, -0.2) is 13.4 Å². The molecule has 1 aromatic rings. The Morgan fingerprint density at radius 2 is 1.82 bits per heavy atom. The quantitative estimate of drug-likeness (QED) is 0.694. The molecule has 1 aromatic heterocycles. The van der Waals surface area contributed by atoms with E-state index < -0.39 is 9.84 Å². The topological polar surface area (TPSA) is 58.4 Å². The molecule has 158 valence electrons. The van der Waals surface area contributed by atoms with Crippen LogP contribution in [-0.2, 0) is 22.9 Å². The number of hydrogen-bond donors (Lipinski definition) is 0. The number of rotatable bonds is 7. The molecule has 0 bridgehead atoms. The summed E-state index contributed by atoms with van der Waals surface area (Å²) in [4.78, 5) is 9.32. The van der Waals surface area contributed by atoms with Gasteiger partial charge in [-0.05, 0) is 51.5 Å². The van der Waals surface area contributed by atoms with Crippen LogP contribution in [0.3, 0.4) is 0 Å². The van der Waals surface area contributed by atoms with E-state index in [-0.39, 0.29) is 5.75 Å². The summed E-state index contributed by atoms with van der Waals surface area (Å²) < 4.78 is 28.2. The monoisotopic (exact) mass is 408 g/mol. The molecule has 2 heterocycles. The SMILES string of the molecule is C[C@@H]1CN(Cc2cnc(S(=O)(=O)CC3CC3)n2CC2CCCCC2)CCN1C. The molecule has 0 radical (unpaired) electrons. The molecule has 0 amide bonds. The van der Waals surface area contributed by atoms with E-state index in [1.54, 1.807) is 0 Å². The third-order valence-electron chi connectivity index (χ3n) is 6.93. The predicted octanol–water partition coefficient (Wildman–Crippen LogP) is 2.78. The highest BCUT2D eigenvalue weighted by Gasteiger charge is 2.33. The van der Waals surface area contributed by atoms with E-state index in [4.69, 9.17) is 0 Å². The fraction of sp³-hybridized carbons (Fsp3) is 0.857. The number of sulfone groups is 1. The molecule has 0 unspecified atom stereocenters. The van der Waals surface area contributed by atoms with Crippen LogP contribution in [0.2, 0.25) is 0 Å². The highest BCUT2D eigenvalue weighted by molar-refractivity contribution is 7.91. The van der Waals surface area contributed by atoms with Gasteiger partial charge < -0.3 is 9.47 Å². The molecule has 3 fully saturated rings. The Hall–Kier alpha value is -0.920. The van der Waals surface area contributed by atoms with Crippen molar-refractivity contribution in [2.75, 3.05) is 32.4 Å². The summed E-state index contributed by atoms with van der Waals surface area (Å²) in [6.45, 7) is 6.99. The highest BCUT2D eigenvalue weighted by atomic mass is 32.2.